The van der Waals surface area contributed by atoms with Gasteiger partial charge in [-0.05, 0) is 61.8 Å². The van der Waals surface area contributed by atoms with E-state index in [2.05, 4.69) is 6.07 Å². The maximum atomic E-state index is 14.0. The molecule has 0 radical (unpaired) electrons. The van der Waals surface area contributed by atoms with Crippen molar-refractivity contribution in [2.45, 2.75) is 50.2 Å². The molecule has 3 aromatic rings. The second kappa shape index (κ2) is 9.23. The van der Waals surface area contributed by atoms with Crippen molar-refractivity contribution in [3.63, 3.8) is 0 Å². The minimum atomic E-state index is -0.772. The summed E-state index contributed by atoms with van der Waals surface area (Å²) in [6.07, 6.45) is 3.41. The number of rotatable bonds is 8. The highest BCUT2D eigenvalue weighted by Crippen LogP contribution is 2.62. The van der Waals surface area contributed by atoms with Crippen molar-refractivity contribution in [1.29, 1.82) is 5.26 Å². The van der Waals surface area contributed by atoms with Crippen molar-refractivity contribution in [1.82, 2.24) is 0 Å². The Labute approximate surface area is 221 Å². The minimum absolute atomic E-state index is 0.165. The molecule has 2 bridgehead atoms. The van der Waals surface area contributed by atoms with Crippen molar-refractivity contribution in [2.75, 3.05) is 18.1 Å². The van der Waals surface area contributed by atoms with E-state index < -0.39 is 23.0 Å². The molecule has 7 nitrogen and oxygen atoms in total. The molecule has 0 spiro atoms. The summed E-state index contributed by atoms with van der Waals surface area (Å²) in [7, 11) is 0. The molecule has 1 N–H and O–H groups in total. The number of aryl methyl sites for hydroxylation is 1. The molecular formula is C31H30N2O5. The lowest BCUT2D eigenvalue weighted by Crippen LogP contribution is -2.43. The van der Waals surface area contributed by atoms with Crippen LogP contribution in [0.5, 0.6) is 5.75 Å². The van der Waals surface area contributed by atoms with Crippen LogP contribution in [0.25, 0.3) is 10.8 Å². The topological polar surface area (TPSA) is 99.9 Å². The lowest BCUT2D eigenvalue weighted by atomic mass is 9.67. The average Bonchev–Trinajstić information content (AvgIpc) is 3.51. The average molecular weight is 511 g/mol. The van der Waals surface area contributed by atoms with Crippen molar-refractivity contribution in [2.24, 2.45) is 11.8 Å². The molecule has 6 rings (SSSR count). The highest BCUT2D eigenvalue weighted by atomic mass is 16.5. The molecule has 3 aliphatic rings. The summed E-state index contributed by atoms with van der Waals surface area (Å²) in [5, 5.41) is 20.6. The molecule has 3 aliphatic heterocycles. The maximum Gasteiger partial charge on any atom is 0.240 e. The van der Waals surface area contributed by atoms with E-state index in [9.17, 15) is 14.9 Å². The number of ether oxygens (including phenoxy) is 2. The van der Waals surface area contributed by atoms with E-state index in [1.54, 1.807) is 6.07 Å². The van der Waals surface area contributed by atoms with Crippen molar-refractivity contribution in [3.8, 4) is 11.8 Å². The molecular weight excluding hydrogens is 480 g/mol. The number of hydrogen-bond donors (Lipinski definition) is 1. The highest BCUT2D eigenvalue weighted by molar-refractivity contribution is 6.24. The fraction of sp³-hybridized carbons (Fsp3) is 0.387. The summed E-state index contributed by atoms with van der Waals surface area (Å²) in [6, 6.07) is 21.1. The van der Waals surface area contributed by atoms with Crippen LogP contribution in [0.1, 0.15) is 43.7 Å². The van der Waals surface area contributed by atoms with Gasteiger partial charge < -0.3 is 14.6 Å². The second-order valence-electron chi connectivity index (χ2n) is 10.8. The number of imide groups is 1. The van der Waals surface area contributed by atoms with Crippen molar-refractivity contribution in [3.05, 3.63) is 71.8 Å². The molecule has 38 heavy (non-hydrogen) atoms. The van der Waals surface area contributed by atoms with Gasteiger partial charge in [0.15, 0.2) is 0 Å². The third-order valence-corrected chi connectivity index (χ3v) is 8.61. The monoisotopic (exact) mass is 510 g/mol. The van der Waals surface area contributed by atoms with Crippen LogP contribution in [-0.4, -0.2) is 41.3 Å². The predicted octanol–water partition coefficient (Wildman–Crippen LogP) is 4.53. The first-order valence-electron chi connectivity index (χ1n) is 13.2. The Kier molecular flexibility index (Phi) is 5.97. The summed E-state index contributed by atoms with van der Waals surface area (Å²) in [5.41, 5.74) is 0.337. The molecule has 7 heteroatoms. The Morgan fingerprint density at radius 2 is 1.82 bits per heavy atom. The Balaban J connectivity index is 1.25. The van der Waals surface area contributed by atoms with Gasteiger partial charge in [0.25, 0.3) is 0 Å². The van der Waals surface area contributed by atoms with Crippen LogP contribution in [0, 0.1) is 23.2 Å². The SMILES string of the molecule is CC12CCC(CCOc3ccc(CCCO)cc3)(O1)C1C(=O)N(c3ccc4ccccc4c3C#N)C(=O)C12. The van der Waals surface area contributed by atoms with Gasteiger partial charge in [-0.25, -0.2) is 4.90 Å². The Hall–Kier alpha value is -3.73. The fourth-order valence-electron chi connectivity index (χ4n) is 6.79. The van der Waals surface area contributed by atoms with E-state index in [4.69, 9.17) is 14.6 Å². The van der Waals surface area contributed by atoms with Gasteiger partial charge in [-0.1, -0.05) is 42.5 Å². The normalized spacial score (nSPS) is 27.7. The van der Waals surface area contributed by atoms with Crippen LogP contribution in [0.15, 0.2) is 60.7 Å². The van der Waals surface area contributed by atoms with E-state index >= 15 is 0 Å². The standard InChI is InChI=1S/C31H30N2O5/c1-30-14-15-31(38-30,16-18-37-22-11-8-20(9-12-22)5-4-17-34)27-26(30)28(35)33(29(27)36)25-13-10-21-6-2-3-7-23(21)24(25)19-32/h2-3,6-13,26-27,34H,4-5,14-18H2,1H3. The number of anilines is 1. The molecule has 3 saturated heterocycles. The van der Waals surface area contributed by atoms with Gasteiger partial charge in [0, 0.05) is 18.4 Å². The molecule has 0 aliphatic carbocycles. The van der Waals surface area contributed by atoms with Gasteiger partial charge >= 0.3 is 0 Å². The number of nitrogens with zero attached hydrogens (tertiary/aromatic N) is 2. The molecule has 3 fully saturated rings. The fourth-order valence-corrected chi connectivity index (χ4v) is 6.79. The van der Waals surface area contributed by atoms with Gasteiger partial charge in [-0.2, -0.15) is 5.26 Å². The second-order valence-corrected chi connectivity index (χ2v) is 10.8. The van der Waals surface area contributed by atoms with E-state index in [0.29, 0.717) is 37.1 Å². The molecule has 4 atom stereocenters. The summed E-state index contributed by atoms with van der Waals surface area (Å²) in [5.74, 6) is -1.02. The largest absolute Gasteiger partial charge is 0.493 e. The number of amides is 2. The Bertz CT molecular complexity index is 1460. The maximum absolute atomic E-state index is 14.0. The number of benzene rings is 3. The summed E-state index contributed by atoms with van der Waals surface area (Å²) < 4.78 is 12.6. The number of nitriles is 1. The number of carbonyl (C=O) groups is 2. The first-order valence-corrected chi connectivity index (χ1v) is 13.2. The highest BCUT2D eigenvalue weighted by Gasteiger charge is 2.74. The smallest absolute Gasteiger partial charge is 0.240 e. The molecule has 0 saturated carbocycles. The zero-order valence-electron chi connectivity index (χ0n) is 21.4. The van der Waals surface area contributed by atoms with Gasteiger partial charge in [0.2, 0.25) is 11.8 Å². The van der Waals surface area contributed by atoms with Crippen molar-refractivity contribution < 1.29 is 24.2 Å². The molecule has 3 aromatic carbocycles. The van der Waals surface area contributed by atoms with Gasteiger partial charge in [-0.15, -0.1) is 0 Å². The predicted molar refractivity (Wildman–Crippen MR) is 142 cm³/mol. The molecule has 0 aromatic heterocycles. The third-order valence-electron chi connectivity index (χ3n) is 8.61. The quantitative estimate of drug-likeness (QED) is 0.447. The van der Waals surface area contributed by atoms with Gasteiger partial charge in [0.05, 0.1) is 40.9 Å². The zero-order chi connectivity index (χ0) is 26.5. The number of aliphatic hydroxyl groups is 1. The molecule has 2 amide bonds. The van der Waals surface area contributed by atoms with Crippen LogP contribution in [0.2, 0.25) is 0 Å². The third kappa shape index (κ3) is 3.71. The van der Waals surface area contributed by atoms with Crippen LogP contribution < -0.4 is 9.64 Å². The lowest BCUT2D eigenvalue weighted by Gasteiger charge is -2.31. The van der Waals surface area contributed by atoms with Crippen LogP contribution in [-0.2, 0) is 20.7 Å². The number of fused-ring (bicyclic) bond motifs is 6. The zero-order valence-corrected chi connectivity index (χ0v) is 21.4. The minimum Gasteiger partial charge on any atom is -0.493 e. The van der Waals surface area contributed by atoms with Crippen LogP contribution in [0.4, 0.5) is 5.69 Å². The number of aliphatic hydroxyl groups excluding tert-OH is 1. The summed E-state index contributed by atoms with van der Waals surface area (Å²) >= 11 is 0. The number of hydrogen-bond acceptors (Lipinski definition) is 6. The summed E-state index contributed by atoms with van der Waals surface area (Å²) in [4.78, 5) is 29.0. The first-order chi connectivity index (χ1) is 18.4. The molecule has 3 heterocycles. The van der Waals surface area contributed by atoms with E-state index in [1.807, 2.05) is 61.5 Å². The van der Waals surface area contributed by atoms with Crippen LogP contribution in [0.3, 0.4) is 0 Å². The summed E-state index contributed by atoms with van der Waals surface area (Å²) in [6.45, 7) is 2.46. The molecule has 194 valence electrons. The lowest BCUT2D eigenvalue weighted by molar-refractivity contribution is -0.131. The molecule has 4 unspecified atom stereocenters. The van der Waals surface area contributed by atoms with Gasteiger partial charge in [0.1, 0.15) is 11.8 Å². The Morgan fingerprint density at radius 3 is 2.58 bits per heavy atom. The van der Waals surface area contributed by atoms with E-state index in [0.717, 1.165) is 34.9 Å². The van der Waals surface area contributed by atoms with Crippen LogP contribution >= 0.6 is 0 Å². The van der Waals surface area contributed by atoms with E-state index in [1.165, 1.54) is 4.90 Å². The number of carbonyl (C=O) groups excluding carboxylic acids is 2. The van der Waals surface area contributed by atoms with Crippen molar-refractivity contribution >= 4 is 28.3 Å². The van der Waals surface area contributed by atoms with Gasteiger partial charge in [-0.3, -0.25) is 9.59 Å². The Morgan fingerprint density at radius 1 is 1.05 bits per heavy atom. The van der Waals surface area contributed by atoms with E-state index in [-0.39, 0.29) is 18.4 Å². The first kappa shape index (κ1) is 24.6.